The Morgan fingerprint density at radius 2 is 1.84 bits per heavy atom. The first-order valence-electron chi connectivity index (χ1n) is 12.1. The van der Waals surface area contributed by atoms with Crippen LogP contribution in [0.15, 0.2) is 60.9 Å². The van der Waals surface area contributed by atoms with Crippen molar-refractivity contribution < 1.29 is 4.74 Å². The number of rotatable bonds is 8. The van der Waals surface area contributed by atoms with Crippen molar-refractivity contribution in [3.8, 4) is 11.6 Å². The lowest BCUT2D eigenvalue weighted by molar-refractivity contribution is 0.460. The number of aromatic nitrogens is 6. The van der Waals surface area contributed by atoms with Crippen molar-refractivity contribution in [1.29, 1.82) is 0 Å². The molecule has 0 saturated carbocycles. The highest BCUT2D eigenvalue weighted by atomic mass is 35.5. The van der Waals surface area contributed by atoms with E-state index in [1.54, 1.807) is 0 Å². The number of hydrogen-bond donors (Lipinski definition) is 3. The molecule has 5 aromatic rings. The van der Waals surface area contributed by atoms with Gasteiger partial charge in [-0.25, -0.2) is 15.0 Å². The summed E-state index contributed by atoms with van der Waals surface area (Å²) in [5.41, 5.74) is 5.13. The van der Waals surface area contributed by atoms with Gasteiger partial charge in [0.1, 0.15) is 10.9 Å². The highest BCUT2D eigenvalue weighted by molar-refractivity contribution is 6.29. The Labute approximate surface area is 220 Å². The summed E-state index contributed by atoms with van der Waals surface area (Å²) in [6, 6.07) is 16.0. The molecule has 0 aliphatic heterocycles. The molecule has 9 nitrogen and oxygen atoms in total. The van der Waals surface area contributed by atoms with Crippen LogP contribution in [0.3, 0.4) is 0 Å². The van der Waals surface area contributed by atoms with Crippen molar-refractivity contribution in [2.24, 2.45) is 0 Å². The lowest BCUT2D eigenvalue weighted by atomic mass is 9.92. The zero-order valence-corrected chi connectivity index (χ0v) is 22.0. The first-order chi connectivity index (χ1) is 17.8. The number of H-pyrrole nitrogens is 1. The lowest BCUT2D eigenvalue weighted by Gasteiger charge is -2.14. The van der Waals surface area contributed by atoms with E-state index in [0.29, 0.717) is 23.3 Å². The largest absolute Gasteiger partial charge is 0.438 e. The van der Waals surface area contributed by atoms with E-state index in [1.165, 1.54) is 12.4 Å². The number of benzene rings is 2. The van der Waals surface area contributed by atoms with Crippen LogP contribution < -0.4 is 15.4 Å². The zero-order chi connectivity index (χ0) is 26.0. The van der Waals surface area contributed by atoms with Crippen LogP contribution in [0.25, 0.3) is 11.0 Å². The van der Waals surface area contributed by atoms with Crippen molar-refractivity contribution in [3.05, 3.63) is 77.3 Å². The normalized spacial score (nSPS) is 11.6. The third kappa shape index (κ3) is 5.67. The number of fused-ring (bicyclic) bond motifs is 1. The molecule has 0 radical (unpaired) electrons. The average Bonchev–Trinajstić information content (AvgIpc) is 3.49. The van der Waals surface area contributed by atoms with Crippen molar-refractivity contribution in [1.82, 2.24) is 29.7 Å². The van der Waals surface area contributed by atoms with Gasteiger partial charge in [0.05, 0.1) is 23.4 Å². The quantitative estimate of drug-likeness (QED) is 0.211. The van der Waals surface area contributed by atoms with Gasteiger partial charge in [0, 0.05) is 36.0 Å². The first kappa shape index (κ1) is 24.6. The average molecular weight is 517 g/mol. The maximum absolute atomic E-state index is 5.77. The number of nitrogens with zero attached hydrogens (tertiary/aromatic N) is 5. The van der Waals surface area contributed by atoms with Crippen LogP contribution in [0.5, 0.6) is 11.6 Å². The van der Waals surface area contributed by atoms with Crippen molar-refractivity contribution in [2.75, 3.05) is 10.6 Å². The molecule has 10 heteroatoms. The van der Waals surface area contributed by atoms with Crippen LogP contribution in [0, 0.1) is 0 Å². The number of imidazole rings is 1. The molecule has 0 spiro atoms. The number of hydrogen-bond acceptors (Lipinski definition) is 7. The summed E-state index contributed by atoms with van der Waals surface area (Å²) >= 11 is 5.77. The smallest absolute Gasteiger partial charge is 0.237 e. The number of nitrogens with one attached hydrogen (secondary N) is 3. The number of aryl methyl sites for hydroxylation is 1. The van der Waals surface area contributed by atoms with E-state index < -0.39 is 0 Å². The Balaban J connectivity index is 1.27. The van der Waals surface area contributed by atoms with Gasteiger partial charge in [0.15, 0.2) is 5.82 Å². The number of halogens is 1. The van der Waals surface area contributed by atoms with Crippen LogP contribution in [0.1, 0.15) is 39.0 Å². The molecule has 0 atom stereocenters. The summed E-state index contributed by atoms with van der Waals surface area (Å²) in [5.74, 6) is 2.68. The second-order valence-electron chi connectivity index (χ2n) is 9.70. The van der Waals surface area contributed by atoms with E-state index in [1.807, 2.05) is 42.5 Å². The Kier molecular flexibility index (Phi) is 6.71. The third-order valence-corrected chi connectivity index (χ3v) is 6.11. The van der Waals surface area contributed by atoms with Gasteiger partial charge in [-0.05, 0) is 42.8 Å². The van der Waals surface area contributed by atoms with E-state index in [9.17, 15) is 0 Å². The second-order valence-corrected chi connectivity index (χ2v) is 10.1. The van der Waals surface area contributed by atoms with Crippen LogP contribution >= 0.6 is 11.6 Å². The molecule has 3 N–H and O–H groups in total. The summed E-state index contributed by atoms with van der Waals surface area (Å²) in [4.78, 5) is 12.9. The van der Waals surface area contributed by atoms with E-state index >= 15 is 0 Å². The molecule has 3 heterocycles. The number of anilines is 3. The Hall–Kier alpha value is -4.11. The zero-order valence-electron chi connectivity index (χ0n) is 21.2. The van der Waals surface area contributed by atoms with Crippen LogP contribution in [0.2, 0.25) is 5.15 Å². The van der Waals surface area contributed by atoms with Crippen molar-refractivity contribution in [3.63, 3.8) is 0 Å². The van der Waals surface area contributed by atoms with Gasteiger partial charge in [0.2, 0.25) is 11.8 Å². The van der Waals surface area contributed by atoms with Gasteiger partial charge in [-0.1, -0.05) is 44.5 Å². The fraction of sp³-hybridized carbons (Fsp3) is 0.259. The topological polar surface area (TPSA) is 106 Å². The van der Waals surface area contributed by atoms with Gasteiger partial charge in [-0.2, -0.15) is 5.10 Å². The predicted molar refractivity (Wildman–Crippen MR) is 147 cm³/mol. The van der Waals surface area contributed by atoms with E-state index in [-0.39, 0.29) is 5.41 Å². The van der Waals surface area contributed by atoms with Crippen LogP contribution in [-0.4, -0.2) is 29.7 Å². The Morgan fingerprint density at radius 1 is 1.03 bits per heavy atom. The molecular formula is C27H29ClN8O. The highest BCUT2D eigenvalue weighted by Crippen LogP contribution is 2.27. The first-order valence-corrected chi connectivity index (χ1v) is 12.5. The minimum atomic E-state index is 0.0109. The minimum Gasteiger partial charge on any atom is -0.438 e. The summed E-state index contributed by atoms with van der Waals surface area (Å²) in [6.07, 6.45) is 2.94. The standard InChI is InChI=1S/C27H29ClN8O/c1-5-36-21-12-18(32-24-13-22(34-35-24)27(2,3)4)8-11-20(21)33-26(36)31-14-17-6-9-19(10-7-17)37-25-16-29-23(28)15-30-25/h6-13,15-16H,5,14H2,1-4H3,(H,31,33)(H2,32,34,35). The molecule has 2 aromatic carbocycles. The number of ether oxygens (including phenoxy) is 1. The maximum Gasteiger partial charge on any atom is 0.237 e. The molecule has 190 valence electrons. The summed E-state index contributed by atoms with van der Waals surface area (Å²) < 4.78 is 7.89. The predicted octanol–water partition coefficient (Wildman–Crippen LogP) is 6.67. The molecule has 0 fully saturated rings. The SMILES string of the molecule is CCn1c(NCc2ccc(Oc3cnc(Cl)cn3)cc2)nc2ccc(Nc3cc(C(C)(C)C)[nH]n3)cc21. The van der Waals surface area contributed by atoms with Gasteiger partial charge in [-0.15, -0.1) is 0 Å². The molecule has 0 aliphatic carbocycles. The van der Waals surface area contributed by atoms with Gasteiger partial charge in [0.25, 0.3) is 0 Å². The molecule has 5 rings (SSSR count). The molecule has 0 saturated heterocycles. The molecule has 0 amide bonds. The number of aromatic amines is 1. The highest BCUT2D eigenvalue weighted by Gasteiger charge is 2.17. The summed E-state index contributed by atoms with van der Waals surface area (Å²) in [5, 5.41) is 14.7. The maximum atomic E-state index is 5.77. The van der Waals surface area contributed by atoms with Crippen LogP contribution in [0.4, 0.5) is 17.5 Å². The minimum absolute atomic E-state index is 0.0109. The molecular weight excluding hydrogens is 488 g/mol. The molecule has 0 unspecified atom stereocenters. The lowest BCUT2D eigenvalue weighted by Crippen LogP contribution is -2.11. The second kappa shape index (κ2) is 10.1. The monoisotopic (exact) mass is 516 g/mol. The molecule has 0 bridgehead atoms. The van der Waals surface area contributed by atoms with Gasteiger partial charge >= 0.3 is 0 Å². The fourth-order valence-electron chi connectivity index (χ4n) is 3.90. The Morgan fingerprint density at radius 3 is 2.51 bits per heavy atom. The summed E-state index contributed by atoms with van der Waals surface area (Å²) in [6.45, 7) is 9.99. The molecule has 0 aliphatic rings. The van der Waals surface area contributed by atoms with E-state index in [0.717, 1.165) is 46.3 Å². The molecule has 3 aromatic heterocycles. The fourth-order valence-corrected chi connectivity index (χ4v) is 4.00. The van der Waals surface area contributed by atoms with E-state index in [4.69, 9.17) is 21.3 Å². The molecule has 37 heavy (non-hydrogen) atoms. The van der Waals surface area contributed by atoms with Crippen molar-refractivity contribution in [2.45, 2.75) is 46.2 Å². The van der Waals surface area contributed by atoms with Crippen LogP contribution in [-0.2, 0) is 18.5 Å². The Bertz CT molecular complexity index is 1500. The van der Waals surface area contributed by atoms with Crippen molar-refractivity contribution >= 4 is 40.1 Å². The van der Waals surface area contributed by atoms with Gasteiger partial charge in [-0.3, -0.25) is 5.10 Å². The third-order valence-electron chi connectivity index (χ3n) is 5.92. The van der Waals surface area contributed by atoms with Gasteiger partial charge < -0.3 is 19.9 Å². The van der Waals surface area contributed by atoms with E-state index in [2.05, 4.69) is 69.1 Å². The summed E-state index contributed by atoms with van der Waals surface area (Å²) in [7, 11) is 0.